The highest BCUT2D eigenvalue weighted by Gasteiger charge is 2.37. The van der Waals surface area contributed by atoms with Crippen molar-refractivity contribution >= 4 is 32.6 Å². The Bertz CT molecular complexity index is 976. The van der Waals surface area contributed by atoms with Crippen molar-refractivity contribution in [3.63, 3.8) is 0 Å². The van der Waals surface area contributed by atoms with Gasteiger partial charge in [-0.2, -0.15) is 8.42 Å². The first-order chi connectivity index (χ1) is 12.2. The Morgan fingerprint density at radius 1 is 1.38 bits per heavy atom. The number of nitrogens with zero attached hydrogens (tertiary/aromatic N) is 1. The van der Waals surface area contributed by atoms with Crippen LogP contribution in [0.2, 0.25) is 0 Å². The topological polar surface area (TPSA) is 116 Å². The molecule has 0 spiro atoms. The van der Waals surface area contributed by atoms with Crippen molar-refractivity contribution in [2.24, 2.45) is 0 Å². The molecule has 10 heteroatoms. The van der Waals surface area contributed by atoms with Gasteiger partial charge in [-0.25, -0.2) is 13.4 Å². The average molecular weight is 384 g/mol. The number of carbonyl (C=O) groups is 1. The maximum atomic E-state index is 15.0. The molecule has 1 saturated heterocycles. The summed E-state index contributed by atoms with van der Waals surface area (Å²) in [6.45, 7) is 1.21. The van der Waals surface area contributed by atoms with E-state index < -0.39 is 46.0 Å². The molecule has 1 aliphatic heterocycles. The SMILES string of the molecule is CC(O)CCOc1ccc2cc(O)c(N3CC(=O)NS3(=O)=O)c(F)c2c1. The number of hydrogen-bond donors (Lipinski definition) is 3. The van der Waals surface area contributed by atoms with E-state index in [-0.39, 0.29) is 12.0 Å². The number of rotatable bonds is 5. The highest BCUT2D eigenvalue weighted by atomic mass is 32.2. The lowest BCUT2D eigenvalue weighted by molar-refractivity contribution is -0.117. The Labute approximate surface area is 149 Å². The standard InChI is InChI=1S/C16H17FN2O6S/c1-9(20)4-5-25-11-3-2-10-6-13(21)16(15(17)12(10)7-11)19-8-14(22)18-26(19,23)24/h2-3,6-7,9,20-21H,4-5,8H2,1H3,(H,18,22). The zero-order valence-electron chi connectivity index (χ0n) is 13.8. The van der Waals surface area contributed by atoms with Gasteiger partial charge in [0.25, 0.3) is 5.91 Å². The van der Waals surface area contributed by atoms with E-state index >= 15 is 0 Å². The van der Waals surface area contributed by atoms with Crippen molar-refractivity contribution in [1.82, 2.24) is 4.72 Å². The summed E-state index contributed by atoms with van der Waals surface area (Å²) in [6.07, 6.45) is -0.151. The third-order valence-electron chi connectivity index (χ3n) is 3.88. The van der Waals surface area contributed by atoms with Crippen molar-refractivity contribution < 1.29 is 32.6 Å². The van der Waals surface area contributed by atoms with Gasteiger partial charge in [0.2, 0.25) is 0 Å². The summed E-state index contributed by atoms with van der Waals surface area (Å²) in [5.41, 5.74) is -0.600. The average Bonchev–Trinajstić information content (AvgIpc) is 2.80. The first-order valence-corrected chi connectivity index (χ1v) is 9.22. The summed E-state index contributed by atoms with van der Waals surface area (Å²) in [5.74, 6) is -2.08. The molecule has 0 aliphatic carbocycles. The number of aliphatic hydroxyl groups is 1. The van der Waals surface area contributed by atoms with Crippen LogP contribution in [0.3, 0.4) is 0 Å². The van der Waals surface area contributed by atoms with Crippen LogP contribution < -0.4 is 13.8 Å². The van der Waals surface area contributed by atoms with Crippen LogP contribution in [0.5, 0.6) is 11.5 Å². The van der Waals surface area contributed by atoms with Gasteiger partial charge in [-0.3, -0.25) is 4.79 Å². The molecule has 0 aromatic heterocycles. The Balaban J connectivity index is 2.04. The largest absolute Gasteiger partial charge is 0.506 e. The molecule has 0 bridgehead atoms. The van der Waals surface area contributed by atoms with Gasteiger partial charge in [-0.05, 0) is 30.5 Å². The van der Waals surface area contributed by atoms with Crippen molar-refractivity contribution in [3.05, 3.63) is 30.1 Å². The molecule has 1 atom stereocenters. The first kappa shape index (κ1) is 18.2. The number of amides is 1. The molecule has 3 N–H and O–H groups in total. The Morgan fingerprint density at radius 3 is 2.73 bits per heavy atom. The number of nitrogens with one attached hydrogen (secondary N) is 1. The molecule has 0 radical (unpaired) electrons. The van der Waals surface area contributed by atoms with Crippen LogP contribution in [0.1, 0.15) is 13.3 Å². The summed E-state index contributed by atoms with van der Waals surface area (Å²) in [4.78, 5) is 11.4. The maximum Gasteiger partial charge on any atom is 0.326 e. The van der Waals surface area contributed by atoms with Crippen LogP contribution in [-0.4, -0.2) is 43.8 Å². The molecular formula is C16H17FN2O6S. The summed E-state index contributed by atoms with van der Waals surface area (Å²) in [6, 6.07) is 5.67. The summed E-state index contributed by atoms with van der Waals surface area (Å²) < 4.78 is 46.5. The highest BCUT2D eigenvalue weighted by molar-refractivity contribution is 7.92. The number of hydrogen-bond acceptors (Lipinski definition) is 6. The lowest BCUT2D eigenvalue weighted by atomic mass is 10.1. The van der Waals surface area contributed by atoms with Gasteiger partial charge >= 0.3 is 10.2 Å². The van der Waals surface area contributed by atoms with E-state index in [1.165, 1.54) is 18.2 Å². The number of benzene rings is 2. The Morgan fingerprint density at radius 2 is 2.12 bits per heavy atom. The number of fused-ring (bicyclic) bond motifs is 1. The molecule has 1 unspecified atom stereocenters. The molecule has 3 rings (SSSR count). The smallest absolute Gasteiger partial charge is 0.326 e. The van der Waals surface area contributed by atoms with Gasteiger partial charge in [-0.15, -0.1) is 0 Å². The maximum absolute atomic E-state index is 15.0. The minimum atomic E-state index is -4.26. The third kappa shape index (κ3) is 3.37. The third-order valence-corrected chi connectivity index (χ3v) is 5.26. The van der Waals surface area contributed by atoms with E-state index in [4.69, 9.17) is 4.74 Å². The first-order valence-electron chi connectivity index (χ1n) is 7.78. The van der Waals surface area contributed by atoms with E-state index in [0.29, 0.717) is 21.9 Å². The van der Waals surface area contributed by atoms with Crippen molar-refractivity contribution in [3.8, 4) is 11.5 Å². The molecule has 8 nitrogen and oxygen atoms in total. The van der Waals surface area contributed by atoms with Gasteiger partial charge < -0.3 is 14.9 Å². The molecule has 1 aliphatic rings. The monoisotopic (exact) mass is 384 g/mol. The van der Waals surface area contributed by atoms with Crippen molar-refractivity contribution in [2.45, 2.75) is 19.4 Å². The van der Waals surface area contributed by atoms with Crippen molar-refractivity contribution in [1.29, 1.82) is 0 Å². The minimum Gasteiger partial charge on any atom is -0.506 e. The lowest BCUT2D eigenvalue weighted by Gasteiger charge is -2.18. The number of phenolic OH excluding ortho intramolecular Hbond substituents is 1. The van der Waals surface area contributed by atoms with Crippen LogP contribution in [0.15, 0.2) is 24.3 Å². The number of carbonyl (C=O) groups excluding carboxylic acids is 1. The zero-order valence-corrected chi connectivity index (χ0v) is 14.6. The molecule has 140 valence electrons. The summed E-state index contributed by atoms with van der Waals surface area (Å²) in [5, 5.41) is 19.7. The second-order valence-electron chi connectivity index (χ2n) is 5.96. The molecule has 1 heterocycles. The van der Waals surface area contributed by atoms with Gasteiger partial charge in [0, 0.05) is 11.8 Å². The minimum absolute atomic E-state index is 0.0295. The predicted molar refractivity (Wildman–Crippen MR) is 91.8 cm³/mol. The van der Waals surface area contributed by atoms with Crippen LogP contribution in [-0.2, 0) is 15.0 Å². The van der Waals surface area contributed by atoms with Crippen LogP contribution in [0, 0.1) is 5.82 Å². The molecule has 2 aromatic carbocycles. The number of aromatic hydroxyl groups is 1. The fraction of sp³-hybridized carbons (Fsp3) is 0.312. The Kier molecular flexibility index (Phi) is 4.63. The zero-order chi connectivity index (χ0) is 19.1. The van der Waals surface area contributed by atoms with Crippen LogP contribution in [0.25, 0.3) is 10.8 Å². The van der Waals surface area contributed by atoms with Gasteiger partial charge in [0.05, 0.1) is 12.7 Å². The number of halogens is 1. The molecule has 1 amide bonds. The van der Waals surface area contributed by atoms with Gasteiger partial charge in [-0.1, -0.05) is 6.07 Å². The van der Waals surface area contributed by atoms with E-state index in [9.17, 15) is 27.8 Å². The van der Waals surface area contributed by atoms with E-state index in [1.54, 1.807) is 17.7 Å². The highest BCUT2D eigenvalue weighted by Crippen LogP contribution is 2.39. The Hall–Kier alpha value is -2.59. The van der Waals surface area contributed by atoms with Crippen LogP contribution in [0.4, 0.5) is 10.1 Å². The lowest BCUT2D eigenvalue weighted by Crippen LogP contribution is -2.30. The predicted octanol–water partition coefficient (Wildman–Crippen LogP) is 1.02. The van der Waals surface area contributed by atoms with E-state index in [2.05, 4.69) is 0 Å². The second-order valence-corrected chi connectivity index (χ2v) is 7.56. The van der Waals surface area contributed by atoms with Crippen LogP contribution >= 0.6 is 0 Å². The molecule has 1 fully saturated rings. The van der Waals surface area contributed by atoms with Crippen molar-refractivity contribution in [2.75, 3.05) is 17.5 Å². The molecule has 26 heavy (non-hydrogen) atoms. The fourth-order valence-corrected chi connectivity index (χ4v) is 3.79. The number of phenols is 1. The number of aliphatic hydroxyl groups excluding tert-OH is 1. The van der Waals surface area contributed by atoms with E-state index in [0.717, 1.165) is 0 Å². The van der Waals surface area contributed by atoms with Gasteiger partial charge in [0.1, 0.15) is 23.7 Å². The molecule has 2 aromatic rings. The molecule has 0 saturated carbocycles. The fourth-order valence-electron chi connectivity index (χ4n) is 2.63. The summed E-state index contributed by atoms with van der Waals surface area (Å²) in [7, 11) is -4.26. The van der Waals surface area contributed by atoms with Gasteiger partial charge in [0.15, 0.2) is 5.82 Å². The normalized spacial score (nSPS) is 17.3. The molecular weight excluding hydrogens is 367 g/mol. The number of ether oxygens (including phenoxy) is 1. The van der Waals surface area contributed by atoms with E-state index in [1.807, 2.05) is 0 Å². The summed E-state index contributed by atoms with van der Waals surface area (Å²) >= 11 is 0. The quantitative estimate of drug-likeness (QED) is 0.709. The number of anilines is 1. The second kappa shape index (κ2) is 6.61.